The second-order valence-corrected chi connectivity index (χ2v) is 8.53. The van der Waals surface area contributed by atoms with Crippen LogP contribution in [-0.2, 0) is 4.79 Å². The normalized spacial score (nSPS) is 11.2. The molecule has 0 aliphatic rings. The van der Waals surface area contributed by atoms with E-state index in [1.54, 1.807) is 44.2 Å². The van der Waals surface area contributed by atoms with Crippen LogP contribution in [0.15, 0.2) is 48.0 Å². The van der Waals surface area contributed by atoms with Crippen LogP contribution >= 0.6 is 23.2 Å². The first-order valence-corrected chi connectivity index (χ1v) is 11.9. The first kappa shape index (κ1) is 28.0. The highest BCUT2D eigenvalue weighted by molar-refractivity contribution is 6.41. The summed E-state index contributed by atoms with van der Waals surface area (Å²) >= 11 is 13.1. The van der Waals surface area contributed by atoms with Gasteiger partial charge in [0.1, 0.15) is 23.0 Å². The van der Waals surface area contributed by atoms with Crippen molar-refractivity contribution in [1.82, 2.24) is 0 Å². The highest BCUT2D eigenvalue weighted by Crippen LogP contribution is 2.46. The molecule has 10 heteroatoms. The van der Waals surface area contributed by atoms with Crippen LogP contribution in [0.1, 0.15) is 25.8 Å². The molecule has 0 aromatic heterocycles. The Kier molecular flexibility index (Phi) is 9.13. The molecule has 194 valence electrons. The summed E-state index contributed by atoms with van der Waals surface area (Å²) in [6.07, 6.45) is 1.77. The van der Waals surface area contributed by atoms with Crippen molar-refractivity contribution in [3.63, 3.8) is 0 Å². The van der Waals surface area contributed by atoms with E-state index in [4.69, 9.17) is 32.7 Å². The van der Waals surface area contributed by atoms with E-state index < -0.39 is 11.6 Å². The molecule has 0 radical (unpaired) electrons. The third-order valence-corrected chi connectivity index (χ3v) is 6.14. The molecule has 0 bridgehead atoms. The monoisotopic (exact) mass is 547 g/mol. The minimum absolute atomic E-state index is 0.0578. The van der Waals surface area contributed by atoms with E-state index in [0.717, 1.165) is 6.07 Å². The molecule has 0 fully saturated rings. The molecule has 1 amide bonds. The quantitative estimate of drug-likeness (QED) is 0.220. The summed E-state index contributed by atoms with van der Waals surface area (Å²) in [6.45, 7) is 7.09. The molecule has 0 saturated heterocycles. The Balaban J connectivity index is 2.02. The highest BCUT2D eigenvalue weighted by Gasteiger charge is 2.20. The van der Waals surface area contributed by atoms with Crippen LogP contribution in [-0.4, -0.2) is 26.0 Å². The number of amidine groups is 1. The van der Waals surface area contributed by atoms with E-state index in [9.17, 15) is 13.6 Å². The number of hydrogen-bond acceptors (Lipinski definition) is 4. The Morgan fingerprint density at radius 1 is 1.03 bits per heavy atom. The number of nitrogens with one attached hydrogen (secondary N) is 2. The van der Waals surface area contributed by atoms with Crippen LogP contribution in [0.2, 0.25) is 10.0 Å². The van der Waals surface area contributed by atoms with Crippen LogP contribution < -0.4 is 20.1 Å². The summed E-state index contributed by atoms with van der Waals surface area (Å²) in [5.74, 6) is -1.58. The van der Waals surface area contributed by atoms with Gasteiger partial charge in [0.15, 0.2) is 11.6 Å². The number of hydrogen-bond donors (Lipinski definition) is 2. The smallest absolute Gasteiger partial charge is 0.224 e. The van der Waals surface area contributed by atoms with Gasteiger partial charge in [0.2, 0.25) is 5.91 Å². The van der Waals surface area contributed by atoms with E-state index in [0.29, 0.717) is 43.9 Å². The molecule has 2 N–H and O–H groups in total. The van der Waals surface area contributed by atoms with E-state index in [2.05, 4.69) is 22.2 Å². The molecule has 3 aromatic carbocycles. The fourth-order valence-corrected chi connectivity index (χ4v) is 4.24. The number of benzene rings is 3. The lowest BCUT2D eigenvalue weighted by Gasteiger charge is -2.17. The van der Waals surface area contributed by atoms with Gasteiger partial charge in [-0.05, 0) is 42.3 Å². The summed E-state index contributed by atoms with van der Waals surface area (Å²) in [7, 11) is 2.98. The lowest BCUT2D eigenvalue weighted by molar-refractivity contribution is -0.115. The average Bonchev–Trinajstić information content (AvgIpc) is 2.89. The number of amides is 1. The molecular formula is C27H25Cl2F2N3O3. The third-order valence-electron chi connectivity index (χ3n) is 5.39. The third kappa shape index (κ3) is 6.03. The molecule has 0 atom stereocenters. The molecule has 0 unspecified atom stereocenters. The number of aliphatic imine (C=N–C) groups is 1. The standard InChI is InChI=1S/C27H25Cl2F2N3O3/c1-6-15-12-16(23-24(28)20(36-4)13-21(37-5)25(23)29)8-10-18(15)32-14(3)33-27-19(34-22(35)7-2)11-9-17(30)26(27)31/h6,8-13H,1,7H2,2-5H3,(H,32,33)(H,34,35). The number of rotatable bonds is 8. The Morgan fingerprint density at radius 2 is 1.65 bits per heavy atom. The zero-order valence-electron chi connectivity index (χ0n) is 20.6. The van der Waals surface area contributed by atoms with E-state index >= 15 is 0 Å². The van der Waals surface area contributed by atoms with Gasteiger partial charge in [0.05, 0.1) is 30.0 Å². The number of halogens is 4. The lowest BCUT2D eigenvalue weighted by atomic mass is 10.0. The van der Waals surface area contributed by atoms with Gasteiger partial charge < -0.3 is 20.1 Å². The predicted molar refractivity (Wildman–Crippen MR) is 147 cm³/mol. The molecule has 0 saturated carbocycles. The minimum atomic E-state index is -1.18. The maximum absolute atomic E-state index is 14.6. The topological polar surface area (TPSA) is 72.0 Å². The molecular weight excluding hydrogens is 523 g/mol. The number of carbonyl (C=O) groups is 1. The Hall–Kier alpha value is -3.62. The first-order chi connectivity index (χ1) is 17.6. The number of anilines is 2. The molecule has 0 aliphatic heterocycles. The van der Waals surface area contributed by atoms with Gasteiger partial charge in [-0.15, -0.1) is 0 Å². The van der Waals surface area contributed by atoms with Gasteiger partial charge >= 0.3 is 0 Å². The van der Waals surface area contributed by atoms with Crippen molar-refractivity contribution in [3.8, 4) is 22.6 Å². The van der Waals surface area contributed by atoms with Crippen LogP contribution in [0, 0.1) is 11.6 Å². The second kappa shape index (κ2) is 12.1. The minimum Gasteiger partial charge on any atom is -0.495 e. The second-order valence-electron chi connectivity index (χ2n) is 7.77. The maximum Gasteiger partial charge on any atom is 0.224 e. The number of ether oxygens (including phenoxy) is 2. The molecule has 37 heavy (non-hydrogen) atoms. The Morgan fingerprint density at radius 3 is 2.22 bits per heavy atom. The number of carbonyl (C=O) groups excluding carboxylic acids is 1. The first-order valence-electron chi connectivity index (χ1n) is 11.1. The van der Waals surface area contributed by atoms with Crippen LogP contribution in [0.25, 0.3) is 17.2 Å². The molecule has 0 heterocycles. The molecule has 3 aromatic rings. The summed E-state index contributed by atoms with van der Waals surface area (Å²) in [5.41, 5.74) is 2.15. The Bertz CT molecular complexity index is 1370. The number of methoxy groups -OCH3 is 2. The predicted octanol–water partition coefficient (Wildman–Crippen LogP) is 8.11. The van der Waals surface area contributed by atoms with E-state index in [1.807, 2.05) is 0 Å². The van der Waals surface area contributed by atoms with Gasteiger partial charge in [-0.25, -0.2) is 13.8 Å². The van der Waals surface area contributed by atoms with Crippen molar-refractivity contribution in [2.75, 3.05) is 24.9 Å². The van der Waals surface area contributed by atoms with Crippen LogP contribution in [0.3, 0.4) is 0 Å². The van der Waals surface area contributed by atoms with Crippen molar-refractivity contribution >= 4 is 58.1 Å². The van der Waals surface area contributed by atoms with E-state index in [1.165, 1.54) is 20.3 Å². The van der Waals surface area contributed by atoms with Crippen LogP contribution in [0.4, 0.5) is 25.8 Å². The van der Waals surface area contributed by atoms with Crippen molar-refractivity contribution in [3.05, 3.63) is 70.2 Å². The molecule has 3 rings (SSSR count). The number of nitrogens with zero attached hydrogens (tertiary/aromatic N) is 1. The van der Waals surface area contributed by atoms with Gasteiger partial charge in [-0.2, -0.15) is 0 Å². The van der Waals surface area contributed by atoms with E-state index in [-0.39, 0.29) is 29.5 Å². The van der Waals surface area contributed by atoms with Crippen molar-refractivity contribution < 1.29 is 23.0 Å². The summed E-state index contributed by atoms with van der Waals surface area (Å²) in [4.78, 5) is 16.0. The summed E-state index contributed by atoms with van der Waals surface area (Å²) in [5, 5.41) is 6.22. The fraction of sp³-hybridized carbons (Fsp3) is 0.185. The van der Waals surface area contributed by atoms with Gasteiger partial charge in [0, 0.05) is 23.7 Å². The largest absolute Gasteiger partial charge is 0.495 e. The summed E-state index contributed by atoms with van der Waals surface area (Å²) < 4.78 is 39.2. The van der Waals surface area contributed by atoms with Gasteiger partial charge in [-0.1, -0.05) is 48.8 Å². The van der Waals surface area contributed by atoms with Crippen molar-refractivity contribution in [1.29, 1.82) is 0 Å². The SMILES string of the molecule is C=Cc1cc(-c2c(Cl)c(OC)cc(OC)c2Cl)ccc1NC(C)=Nc1c(NC(=O)CC)ccc(F)c1F. The molecule has 0 aliphatic carbocycles. The van der Waals surface area contributed by atoms with Crippen molar-refractivity contribution in [2.24, 2.45) is 4.99 Å². The summed E-state index contributed by atoms with van der Waals surface area (Å²) in [6, 6.07) is 9.10. The zero-order chi connectivity index (χ0) is 27.3. The van der Waals surface area contributed by atoms with Gasteiger partial charge in [-0.3, -0.25) is 4.79 Å². The average molecular weight is 548 g/mol. The molecule has 6 nitrogen and oxygen atoms in total. The zero-order valence-corrected chi connectivity index (χ0v) is 22.2. The highest BCUT2D eigenvalue weighted by atomic mass is 35.5. The lowest BCUT2D eigenvalue weighted by Crippen LogP contribution is -2.12. The van der Waals surface area contributed by atoms with Crippen LogP contribution in [0.5, 0.6) is 11.5 Å². The van der Waals surface area contributed by atoms with Crippen molar-refractivity contribution in [2.45, 2.75) is 20.3 Å². The fourth-order valence-electron chi connectivity index (χ4n) is 3.52. The molecule has 0 spiro atoms. The Labute approximate surface area is 223 Å². The van der Waals surface area contributed by atoms with Gasteiger partial charge in [0.25, 0.3) is 0 Å². The maximum atomic E-state index is 14.6.